The summed E-state index contributed by atoms with van der Waals surface area (Å²) in [6.45, 7) is 14.4. The monoisotopic (exact) mass is 925 g/mol. The molecular formula is C51H63NO5S4Si. The number of anilines is 1. The number of unbranched alkanes of at least 4 members (excludes halogenated alkanes) is 6. The number of aryl methyl sites for hydroxylation is 4. The molecule has 0 spiro atoms. The Kier molecular flexibility index (Phi) is 15.6. The molecule has 0 unspecified atom stereocenters. The van der Waals surface area contributed by atoms with Gasteiger partial charge in [-0.3, -0.25) is 0 Å². The maximum atomic E-state index is 13.8. The maximum absolute atomic E-state index is 13.8. The molecule has 0 atom stereocenters. The molecule has 11 heteroatoms. The van der Waals surface area contributed by atoms with Gasteiger partial charge < -0.3 is 22.6 Å². The van der Waals surface area contributed by atoms with E-state index >= 15 is 0 Å². The van der Waals surface area contributed by atoms with Crippen LogP contribution in [-0.2, 0) is 39.0 Å². The van der Waals surface area contributed by atoms with E-state index in [-0.39, 0.29) is 5.63 Å². The van der Waals surface area contributed by atoms with Gasteiger partial charge in [-0.2, -0.15) is 0 Å². The SMILES string of the molecule is CCCCCCc1cc(-c2sc(-c3ccc(-c4cc5cc6c7c(c5oc4=O)CCCN7CCC6)s3)cc2CCCCCC)sc1/C=C/c1ccc([Si](OCC)(OCC)OCC)s1. The van der Waals surface area contributed by atoms with E-state index in [0.717, 1.165) is 65.5 Å². The molecule has 0 saturated carbocycles. The van der Waals surface area contributed by atoms with Gasteiger partial charge >= 0.3 is 14.4 Å². The Morgan fingerprint density at radius 3 is 2.10 bits per heavy atom. The molecule has 0 radical (unpaired) electrons. The van der Waals surface area contributed by atoms with Gasteiger partial charge in [0.15, 0.2) is 0 Å². The number of hydrogen-bond donors (Lipinski definition) is 0. The zero-order chi connectivity index (χ0) is 43.1. The average Bonchev–Trinajstić information content (AvgIpc) is 4.11. The molecule has 2 aliphatic heterocycles. The van der Waals surface area contributed by atoms with E-state index in [1.54, 1.807) is 22.7 Å². The van der Waals surface area contributed by atoms with Crippen molar-refractivity contribution in [2.24, 2.45) is 0 Å². The van der Waals surface area contributed by atoms with Gasteiger partial charge in [0.05, 0.1) is 10.1 Å². The molecule has 7 heterocycles. The Labute approximate surface area is 386 Å². The summed E-state index contributed by atoms with van der Waals surface area (Å²) in [6.07, 6.45) is 21.0. The normalized spacial score (nSPS) is 14.2. The number of nitrogens with zero attached hydrogens (tertiary/aromatic N) is 1. The Morgan fingerprint density at radius 2 is 1.37 bits per heavy atom. The Bertz CT molecular complexity index is 2500. The molecule has 62 heavy (non-hydrogen) atoms. The van der Waals surface area contributed by atoms with Crippen LogP contribution in [0, 0.1) is 0 Å². The first-order valence-corrected chi connectivity index (χ1v) is 28.3. The average molecular weight is 926 g/mol. The fourth-order valence-corrected chi connectivity index (χ4v) is 16.9. The molecular weight excluding hydrogens is 863 g/mol. The minimum absolute atomic E-state index is 0.234. The van der Waals surface area contributed by atoms with Crippen molar-refractivity contribution in [3.05, 3.63) is 91.0 Å². The minimum Gasteiger partial charge on any atom is -0.422 e. The van der Waals surface area contributed by atoms with Crippen molar-refractivity contribution >= 4 is 87.5 Å². The van der Waals surface area contributed by atoms with Crippen molar-refractivity contribution in [2.75, 3.05) is 37.8 Å². The summed E-state index contributed by atoms with van der Waals surface area (Å²) < 4.78 is 26.0. The molecule has 0 N–H and O–H groups in total. The summed E-state index contributed by atoms with van der Waals surface area (Å²) >= 11 is 7.28. The number of benzene rings is 1. The van der Waals surface area contributed by atoms with E-state index in [9.17, 15) is 4.79 Å². The predicted octanol–water partition coefficient (Wildman–Crippen LogP) is 14.4. The second kappa shape index (κ2) is 21.2. The zero-order valence-corrected chi connectivity index (χ0v) is 41.6. The molecule has 8 rings (SSSR count). The number of rotatable bonds is 22. The number of fused-ring (bicyclic) bond motifs is 2. The van der Waals surface area contributed by atoms with Crippen LogP contribution in [0.25, 0.3) is 53.1 Å². The van der Waals surface area contributed by atoms with Crippen LogP contribution >= 0.6 is 45.3 Å². The van der Waals surface area contributed by atoms with Gasteiger partial charge in [0.1, 0.15) is 5.58 Å². The van der Waals surface area contributed by atoms with Gasteiger partial charge in [0.25, 0.3) is 0 Å². The largest absolute Gasteiger partial charge is 0.547 e. The predicted molar refractivity (Wildman–Crippen MR) is 270 cm³/mol. The smallest absolute Gasteiger partial charge is 0.422 e. The Balaban J connectivity index is 1.11. The van der Waals surface area contributed by atoms with Gasteiger partial charge in [-0.05, 0) is 150 Å². The maximum Gasteiger partial charge on any atom is 0.547 e. The van der Waals surface area contributed by atoms with Crippen LogP contribution in [0.15, 0.2) is 57.7 Å². The third-order valence-corrected chi connectivity index (χ3v) is 20.6. The Morgan fingerprint density at radius 1 is 0.677 bits per heavy atom. The van der Waals surface area contributed by atoms with E-state index in [0.29, 0.717) is 25.4 Å². The summed E-state index contributed by atoms with van der Waals surface area (Å²) in [5.74, 6) is 0. The quantitative estimate of drug-likeness (QED) is 0.0384. The van der Waals surface area contributed by atoms with E-state index in [4.69, 9.17) is 17.7 Å². The van der Waals surface area contributed by atoms with Gasteiger partial charge in [-0.1, -0.05) is 52.4 Å². The van der Waals surface area contributed by atoms with Gasteiger partial charge in [-0.25, -0.2) is 4.79 Å². The van der Waals surface area contributed by atoms with Crippen LogP contribution in [-0.4, -0.2) is 41.7 Å². The Hall–Kier alpha value is -3.13. The third-order valence-electron chi connectivity index (χ3n) is 12.1. The molecule has 330 valence electrons. The van der Waals surface area contributed by atoms with Crippen molar-refractivity contribution in [3.8, 4) is 29.9 Å². The molecule has 2 aliphatic rings. The molecule has 0 fully saturated rings. The molecule has 1 aromatic carbocycles. The fraction of sp³-hybridized carbons (Fsp3) is 0.471. The number of hydrogen-bond acceptors (Lipinski definition) is 10. The van der Waals surface area contributed by atoms with Gasteiger partial charge in [0.2, 0.25) is 0 Å². The molecule has 0 saturated heterocycles. The van der Waals surface area contributed by atoms with Crippen molar-refractivity contribution in [1.82, 2.24) is 0 Å². The zero-order valence-electron chi connectivity index (χ0n) is 37.3. The van der Waals surface area contributed by atoms with E-state index < -0.39 is 8.80 Å². The third kappa shape index (κ3) is 9.90. The highest BCUT2D eigenvalue weighted by molar-refractivity contribution is 7.27. The van der Waals surface area contributed by atoms with Crippen LogP contribution in [0.4, 0.5) is 5.69 Å². The van der Waals surface area contributed by atoms with Crippen LogP contribution in [0.2, 0.25) is 0 Å². The second-order valence-electron chi connectivity index (χ2n) is 16.6. The van der Waals surface area contributed by atoms with Gasteiger partial charge in [0, 0.05) is 83.7 Å². The highest BCUT2D eigenvalue weighted by atomic mass is 32.1. The van der Waals surface area contributed by atoms with Crippen LogP contribution in [0.3, 0.4) is 0 Å². The molecule has 5 aromatic heterocycles. The highest BCUT2D eigenvalue weighted by Gasteiger charge is 2.44. The van der Waals surface area contributed by atoms with E-state index in [1.165, 1.54) is 115 Å². The molecule has 0 bridgehead atoms. The summed E-state index contributed by atoms with van der Waals surface area (Å²) in [6, 6.07) is 18.0. The molecule has 0 aliphatic carbocycles. The summed E-state index contributed by atoms with van der Waals surface area (Å²) in [4.78, 5) is 25.0. The molecule has 6 aromatic rings. The van der Waals surface area contributed by atoms with E-state index in [1.807, 2.05) is 43.4 Å². The van der Waals surface area contributed by atoms with Crippen molar-refractivity contribution in [3.63, 3.8) is 0 Å². The first kappa shape index (κ1) is 45.4. The van der Waals surface area contributed by atoms with E-state index in [2.05, 4.69) is 79.4 Å². The van der Waals surface area contributed by atoms with Crippen molar-refractivity contribution in [1.29, 1.82) is 0 Å². The second-order valence-corrected chi connectivity index (χ2v) is 23.8. The summed E-state index contributed by atoms with van der Waals surface area (Å²) in [5.41, 5.74) is 8.08. The molecule has 6 nitrogen and oxygen atoms in total. The first-order valence-electron chi connectivity index (χ1n) is 23.3. The standard InChI is InChI=1S/C51H63NO5S4Si/c1-6-11-13-15-19-35-33-46(59-42(35)25-23-39-24-28-47(58-39)62(54-8-3,55-9-4)56-10-5)50-37(20-16-14-12-7-2)34-45(61-50)44-27-26-43(60-44)41-32-38-31-36-21-17-29-52-30-18-22-40(48(36)52)49(38)57-51(41)53/h23-28,31-34H,6-22,29-30H2,1-5H3/b25-23+. The first-order chi connectivity index (χ1) is 30.4. The topological polar surface area (TPSA) is 61.1 Å². The van der Waals surface area contributed by atoms with Gasteiger partial charge in [-0.15, -0.1) is 45.3 Å². The van der Waals surface area contributed by atoms with Crippen molar-refractivity contribution in [2.45, 2.75) is 125 Å². The number of thiophene rings is 4. The summed E-state index contributed by atoms with van der Waals surface area (Å²) in [7, 11) is -2.96. The fourth-order valence-electron chi connectivity index (χ4n) is 9.23. The highest BCUT2D eigenvalue weighted by Crippen LogP contribution is 2.47. The van der Waals surface area contributed by atoms with Crippen LogP contribution < -0.4 is 15.0 Å². The van der Waals surface area contributed by atoms with Crippen LogP contribution in [0.5, 0.6) is 0 Å². The van der Waals surface area contributed by atoms with Crippen LogP contribution in [0.1, 0.15) is 131 Å². The molecule has 0 amide bonds. The lowest BCUT2D eigenvalue weighted by Gasteiger charge is -2.37. The summed E-state index contributed by atoms with van der Waals surface area (Å²) in [5, 5.41) is 1.06. The lowest BCUT2D eigenvalue weighted by Crippen LogP contribution is -2.55. The lowest BCUT2D eigenvalue weighted by molar-refractivity contribution is 0.0866. The van der Waals surface area contributed by atoms with Crippen molar-refractivity contribution < 1.29 is 17.7 Å². The lowest BCUT2D eigenvalue weighted by atomic mass is 9.90. The minimum atomic E-state index is -2.96.